The fourth-order valence-electron chi connectivity index (χ4n) is 4.89. The van der Waals surface area contributed by atoms with Crippen LogP contribution in [-0.2, 0) is 10.2 Å². The normalized spacial score (nSPS) is 37.2. The molecule has 5 rings (SSSR count). The van der Waals surface area contributed by atoms with Gasteiger partial charge in [-0.15, -0.1) is 0 Å². The van der Waals surface area contributed by atoms with Gasteiger partial charge in [0.1, 0.15) is 5.82 Å². The van der Waals surface area contributed by atoms with Gasteiger partial charge in [-0.1, -0.05) is 11.8 Å². The Kier molecular flexibility index (Phi) is 2.33. The zero-order valence-electron chi connectivity index (χ0n) is 12.6. The third-order valence-electron chi connectivity index (χ3n) is 6.26. The number of nitrogens with zero attached hydrogens (tertiary/aromatic N) is 3. The summed E-state index contributed by atoms with van der Waals surface area (Å²) in [6, 6.07) is 0. The van der Waals surface area contributed by atoms with E-state index in [9.17, 15) is 9.90 Å². The van der Waals surface area contributed by atoms with Crippen molar-refractivity contribution in [1.82, 2.24) is 9.97 Å². The van der Waals surface area contributed by atoms with Crippen LogP contribution in [0.15, 0.2) is 11.4 Å². The van der Waals surface area contributed by atoms with Gasteiger partial charge in [-0.25, -0.2) is 9.97 Å². The average Bonchev–Trinajstić information content (AvgIpc) is 3.09. The Morgan fingerprint density at radius 3 is 2.50 bits per heavy atom. The number of hydrogen-bond acceptors (Lipinski definition) is 5. The zero-order chi connectivity index (χ0) is 15.2. The quantitative estimate of drug-likeness (QED) is 0.668. The molecule has 1 aromatic rings. The molecule has 0 saturated heterocycles. The van der Waals surface area contributed by atoms with E-state index in [1.807, 2.05) is 17.4 Å². The second-order valence-electron chi connectivity index (χ2n) is 7.44. The summed E-state index contributed by atoms with van der Waals surface area (Å²) in [6.07, 6.45) is 9.75. The molecule has 116 valence electrons. The van der Waals surface area contributed by atoms with Crippen LogP contribution >= 0.6 is 11.8 Å². The predicted molar refractivity (Wildman–Crippen MR) is 83.0 cm³/mol. The largest absolute Gasteiger partial charge is 0.390 e. The molecule has 0 unspecified atom stereocenters. The van der Waals surface area contributed by atoms with Crippen LogP contribution < -0.4 is 4.90 Å². The summed E-state index contributed by atoms with van der Waals surface area (Å²) in [5.74, 6) is 1.04. The monoisotopic (exact) mass is 317 g/mol. The van der Waals surface area contributed by atoms with E-state index in [0.717, 1.165) is 55.1 Å². The third-order valence-corrected chi connectivity index (χ3v) is 6.82. The highest BCUT2D eigenvalue weighted by atomic mass is 32.2. The first-order chi connectivity index (χ1) is 10.5. The fourth-order valence-corrected chi connectivity index (χ4v) is 5.22. The Hall–Kier alpha value is -1.14. The number of carbonyl (C=O) groups is 1. The van der Waals surface area contributed by atoms with Crippen molar-refractivity contribution in [2.75, 3.05) is 11.2 Å². The van der Waals surface area contributed by atoms with Crippen molar-refractivity contribution < 1.29 is 9.90 Å². The van der Waals surface area contributed by atoms with Crippen molar-refractivity contribution in [3.63, 3.8) is 0 Å². The Balaban J connectivity index is 1.67. The molecule has 3 aliphatic carbocycles. The molecule has 5 nitrogen and oxygen atoms in total. The third kappa shape index (κ3) is 1.43. The first kappa shape index (κ1) is 13.3. The van der Waals surface area contributed by atoms with E-state index >= 15 is 0 Å². The lowest BCUT2D eigenvalue weighted by molar-refractivity contribution is -0.121. The van der Waals surface area contributed by atoms with Crippen LogP contribution in [-0.4, -0.2) is 38.4 Å². The van der Waals surface area contributed by atoms with Gasteiger partial charge < -0.3 is 5.11 Å². The van der Waals surface area contributed by atoms with E-state index in [4.69, 9.17) is 4.98 Å². The minimum absolute atomic E-state index is 0.209. The molecule has 1 aromatic heterocycles. The predicted octanol–water partition coefficient (Wildman–Crippen LogP) is 2.02. The minimum Gasteiger partial charge on any atom is -0.390 e. The molecule has 0 atom stereocenters. The number of amides is 1. The number of anilines is 1. The maximum absolute atomic E-state index is 13.2. The van der Waals surface area contributed by atoms with Crippen molar-refractivity contribution in [2.24, 2.45) is 0 Å². The van der Waals surface area contributed by atoms with Crippen LogP contribution in [0.3, 0.4) is 0 Å². The Labute approximate surface area is 133 Å². The molecule has 1 amide bonds. The molecule has 0 radical (unpaired) electrons. The Morgan fingerprint density at radius 1 is 1.23 bits per heavy atom. The standard InChI is InChI=1S/C16H19N3O2S/c1-22-13-17-8-10-11(18-13)19(12(20)16(10)6-7-16)14-2-4-15(21,9-14)5-3-14/h8,21H,2-7,9H2,1H3. The smallest absolute Gasteiger partial charge is 0.239 e. The van der Waals surface area contributed by atoms with Gasteiger partial charge in [0.25, 0.3) is 0 Å². The van der Waals surface area contributed by atoms with Crippen molar-refractivity contribution >= 4 is 23.5 Å². The van der Waals surface area contributed by atoms with Crippen LogP contribution in [0.5, 0.6) is 0 Å². The fraction of sp³-hybridized carbons (Fsp3) is 0.688. The van der Waals surface area contributed by atoms with Gasteiger partial charge in [-0.2, -0.15) is 0 Å². The maximum atomic E-state index is 13.2. The van der Waals surface area contributed by atoms with Crippen molar-refractivity contribution in [2.45, 2.75) is 66.7 Å². The molecule has 3 saturated carbocycles. The van der Waals surface area contributed by atoms with Gasteiger partial charge in [0.15, 0.2) is 5.16 Å². The van der Waals surface area contributed by atoms with Gasteiger partial charge >= 0.3 is 0 Å². The molecular formula is C16H19N3O2S. The van der Waals surface area contributed by atoms with Gasteiger partial charge in [0.05, 0.1) is 16.6 Å². The molecule has 1 aliphatic heterocycles. The van der Waals surface area contributed by atoms with Crippen LogP contribution in [0.2, 0.25) is 0 Å². The molecule has 4 aliphatic rings. The van der Waals surface area contributed by atoms with Gasteiger partial charge in [-0.3, -0.25) is 9.69 Å². The first-order valence-electron chi connectivity index (χ1n) is 8.01. The van der Waals surface area contributed by atoms with E-state index < -0.39 is 5.60 Å². The zero-order valence-corrected chi connectivity index (χ0v) is 13.4. The molecule has 22 heavy (non-hydrogen) atoms. The maximum Gasteiger partial charge on any atom is 0.239 e. The average molecular weight is 317 g/mol. The number of fused-ring (bicyclic) bond motifs is 4. The lowest BCUT2D eigenvalue weighted by Crippen LogP contribution is -2.49. The molecule has 3 fully saturated rings. The topological polar surface area (TPSA) is 66.3 Å². The molecule has 1 spiro atoms. The van der Waals surface area contributed by atoms with E-state index in [-0.39, 0.29) is 16.9 Å². The Bertz CT molecular complexity index is 693. The first-order valence-corrected chi connectivity index (χ1v) is 9.23. The minimum atomic E-state index is -0.560. The lowest BCUT2D eigenvalue weighted by Gasteiger charge is -2.37. The highest BCUT2D eigenvalue weighted by Crippen LogP contribution is 2.63. The summed E-state index contributed by atoms with van der Waals surface area (Å²) in [4.78, 5) is 24.3. The second-order valence-corrected chi connectivity index (χ2v) is 8.22. The lowest BCUT2D eigenvalue weighted by atomic mass is 9.91. The molecule has 1 N–H and O–H groups in total. The number of aromatic nitrogens is 2. The number of aliphatic hydroxyl groups is 1. The van der Waals surface area contributed by atoms with Crippen LogP contribution in [0.4, 0.5) is 5.82 Å². The molecular weight excluding hydrogens is 298 g/mol. The van der Waals surface area contributed by atoms with Gasteiger partial charge in [0, 0.05) is 11.8 Å². The summed E-state index contributed by atoms with van der Waals surface area (Å²) < 4.78 is 0. The SMILES string of the molecule is CSc1ncc2c(n1)N(C13CCC(O)(CC1)C3)C(=O)C21CC1. The number of thioether (sulfide) groups is 1. The number of hydrogen-bond donors (Lipinski definition) is 1. The summed E-state index contributed by atoms with van der Waals surface area (Å²) >= 11 is 1.51. The van der Waals surface area contributed by atoms with Gasteiger partial charge in [0.2, 0.25) is 5.91 Å². The summed E-state index contributed by atoms with van der Waals surface area (Å²) in [5.41, 5.74) is -0.0946. The van der Waals surface area contributed by atoms with E-state index in [1.165, 1.54) is 11.8 Å². The summed E-state index contributed by atoms with van der Waals surface area (Å²) in [6.45, 7) is 0. The van der Waals surface area contributed by atoms with Crippen molar-refractivity contribution in [3.8, 4) is 0 Å². The van der Waals surface area contributed by atoms with Crippen LogP contribution in [0.25, 0.3) is 0 Å². The van der Waals surface area contributed by atoms with E-state index in [2.05, 4.69) is 4.98 Å². The van der Waals surface area contributed by atoms with Crippen molar-refractivity contribution in [3.05, 3.63) is 11.8 Å². The van der Waals surface area contributed by atoms with Gasteiger partial charge in [-0.05, 0) is 51.2 Å². The molecule has 2 bridgehead atoms. The number of carbonyl (C=O) groups excluding carboxylic acids is 1. The van der Waals surface area contributed by atoms with E-state index in [1.54, 1.807) is 0 Å². The summed E-state index contributed by atoms with van der Waals surface area (Å²) in [7, 11) is 0. The van der Waals surface area contributed by atoms with Crippen LogP contribution in [0, 0.1) is 0 Å². The number of rotatable bonds is 2. The Morgan fingerprint density at radius 2 is 1.95 bits per heavy atom. The highest BCUT2D eigenvalue weighted by molar-refractivity contribution is 7.98. The van der Waals surface area contributed by atoms with Crippen molar-refractivity contribution in [1.29, 1.82) is 0 Å². The highest BCUT2D eigenvalue weighted by Gasteiger charge is 2.67. The second kappa shape index (κ2) is 3.85. The van der Waals surface area contributed by atoms with Crippen LogP contribution in [0.1, 0.15) is 50.5 Å². The molecule has 0 aromatic carbocycles. The molecule has 6 heteroatoms. The van der Waals surface area contributed by atoms with E-state index in [0.29, 0.717) is 6.42 Å². The summed E-state index contributed by atoms with van der Waals surface area (Å²) in [5, 5.41) is 11.3. The molecule has 2 heterocycles.